The van der Waals surface area contributed by atoms with Crippen LogP contribution in [0.5, 0.6) is 5.75 Å². The quantitative estimate of drug-likeness (QED) is 0.630. The SMILES string of the molecule is CC(C)COc1ccc(/C=N/Nc2ccccc2)cc1. The van der Waals surface area contributed by atoms with Crippen molar-refractivity contribution in [3.63, 3.8) is 0 Å². The Morgan fingerprint density at radius 2 is 1.75 bits per heavy atom. The highest BCUT2D eigenvalue weighted by Crippen LogP contribution is 2.12. The summed E-state index contributed by atoms with van der Waals surface area (Å²) in [6.45, 7) is 5.01. The van der Waals surface area contributed by atoms with Gasteiger partial charge in [0.1, 0.15) is 5.75 Å². The lowest BCUT2D eigenvalue weighted by Crippen LogP contribution is -2.04. The van der Waals surface area contributed by atoms with Gasteiger partial charge in [0.2, 0.25) is 0 Å². The highest BCUT2D eigenvalue weighted by molar-refractivity contribution is 5.80. The summed E-state index contributed by atoms with van der Waals surface area (Å²) in [6, 6.07) is 17.8. The van der Waals surface area contributed by atoms with Crippen molar-refractivity contribution in [2.75, 3.05) is 12.0 Å². The molecule has 0 saturated carbocycles. The van der Waals surface area contributed by atoms with Crippen LogP contribution in [-0.4, -0.2) is 12.8 Å². The first-order valence-corrected chi connectivity index (χ1v) is 6.81. The van der Waals surface area contributed by atoms with E-state index in [1.165, 1.54) is 0 Å². The second kappa shape index (κ2) is 7.34. The third-order valence-electron chi connectivity index (χ3n) is 2.64. The van der Waals surface area contributed by atoms with Crippen LogP contribution in [0.4, 0.5) is 5.69 Å². The van der Waals surface area contributed by atoms with E-state index in [9.17, 15) is 0 Å². The minimum Gasteiger partial charge on any atom is -0.493 e. The maximum absolute atomic E-state index is 5.64. The third kappa shape index (κ3) is 4.76. The Morgan fingerprint density at radius 1 is 1.05 bits per heavy atom. The number of rotatable bonds is 6. The van der Waals surface area contributed by atoms with Gasteiger partial charge >= 0.3 is 0 Å². The Labute approximate surface area is 120 Å². The van der Waals surface area contributed by atoms with Gasteiger partial charge in [-0.1, -0.05) is 32.0 Å². The van der Waals surface area contributed by atoms with E-state index in [0.717, 1.165) is 23.6 Å². The van der Waals surface area contributed by atoms with Gasteiger partial charge < -0.3 is 4.74 Å². The van der Waals surface area contributed by atoms with Gasteiger partial charge in [-0.3, -0.25) is 5.43 Å². The highest BCUT2D eigenvalue weighted by atomic mass is 16.5. The van der Waals surface area contributed by atoms with E-state index in [1.807, 2.05) is 54.6 Å². The van der Waals surface area contributed by atoms with Gasteiger partial charge in [0.15, 0.2) is 0 Å². The van der Waals surface area contributed by atoms with E-state index in [0.29, 0.717) is 5.92 Å². The van der Waals surface area contributed by atoms with E-state index in [-0.39, 0.29) is 0 Å². The first kappa shape index (κ1) is 14.1. The molecule has 0 saturated heterocycles. The first-order chi connectivity index (χ1) is 9.74. The van der Waals surface area contributed by atoms with Crippen LogP contribution in [0.25, 0.3) is 0 Å². The Balaban J connectivity index is 1.87. The molecule has 3 heteroatoms. The minimum atomic E-state index is 0.534. The Kier molecular flexibility index (Phi) is 5.18. The smallest absolute Gasteiger partial charge is 0.119 e. The summed E-state index contributed by atoms with van der Waals surface area (Å²) in [4.78, 5) is 0. The van der Waals surface area contributed by atoms with Crippen molar-refractivity contribution in [1.29, 1.82) is 0 Å². The van der Waals surface area contributed by atoms with Crippen LogP contribution < -0.4 is 10.2 Å². The molecular formula is C17H20N2O. The molecule has 0 aliphatic carbocycles. The van der Waals surface area contributed by atoms with E-state index < -0.39 is 0 Å². The van der Waals surface area contributed by atoms with Crippen molar-refractivity contribution < 1.29 is 4.74 Å². The number of ether oxygens (including phenoxy) is 1. The number of nitrogens with zero attached hydrogens (tertiary/aromatic N) is 1. The molecule has 2 rings (SSSR count). The molecule has 20 heavy (non-hydrogen) atoms. The first-order valence-electron chi connectivity index (χ1n) is 6.81. The summed E-state index contributed by atoms with van der Waals surface area (Å²) in [5.41, 5.74) is 4.99. The number of para-hydroxylation sites is 1. The number of hydrogen-bond donors (Lipinski definition) is 1. The lowest BCUT2D eigenvalue weighted by molar-refractivity contribution is 0.271. The molecule has 0 aliphatic heterocycles. The molecule has 0 unspecified atom stereocenters. The van der Waals surface area contributed by atoms with E-state index in [2.05, 4.69) is 24.4 Å². The molecule has 0 bridgehead atoms. The Bertz CT molecular complexity index is 533. The lowest BCUT2D eigenvalue weighted by Gasteiger charge is -2.08. The van der Waals surface area contributed by atoms with Gasteiger partial charge in [0.25, 0.3) is 0 Å². The minimum absolute atomic E-state index is 0.534. The summed E-state index contributed by atoms with van der Waals surface area (Å²) < 4.78 is 5.64. The average Bonchev–Trinajstić information content (AvgIpc) is 2.47. The van der Waals surface area contributed by atoms with E-state index in [4.69, 9.17) is 4.74 Å². The fourth-order valence-corrected chi connectivity index (χ4v) is 1.61. The fraction of sp³-hybridized carbons (Fsp3) is 0.235. The van der Waals surface area contributed by atoms with Gasteiger partial charge in [0, 0.05) is 0 Å². The third-order valence-corrected chi connectivity index (χ3v) is 2.64. The largest absolute Gasteiger partial charge is 0.493 e. The van der Waals surface area contributed by atoms with Crippen LogP contribution in [-0.2, 0) is 0 Å². The van der Waals surface area contributed by atoms with E-state index in [1.54, 1.807) is 6.21 Å². The molecule has 0 amide bonds. The molecule has 0 aliphatic rings. The zero-order chi connectivity index (χ0) is 14.2. The van der Waals surface area contributed by atoms with Gasteiger partial charge in [-0.15, -0.1) is 0 Å². The predicted octanol–water partition coefficient (Wildman–Crippen LogP) is 4.17. The highest BCUT2D eigenvalue weighted by Gasteiger charge is 1.96. The molecule has 0 atom stereocenters. The molecule has 0 spiro atoms. The van der Waals surface area contributed by atoms with Crippen LogP contribution in [0.3, 0.4) is 0 Å². The molecule has 1 N–H and O–H groups in total. The zero-order valence-electron chi connectivity index (χ0n) is 11.9. The van der Waals surface area contributed by atoms with Gasteiger partial charge in [-0.05, 0) is 47.9 Å². The topological polar surface area (TPSA) is 33.6 Å². The molecule has 2 aromatic rings. The summed E-state index contributed by atoms with van der Waals surface area (Å²) in [5.74, 6) is 1.43. The molecule has 0 radical (unpaired) electrons. The number of hydrazone groups is 1. The van der Waals surface area contributed by atoms with Crippen LogP contribution in [0.2, 0.25) is 0 Å². The predicted molar refractivity (Wildman–Crippen MR) is 84.4 cm³/mol. The fourth-order valence-electron chi connectivity index (χ4n) is 1.61. The molecular weight excluding hydrogens is 248 g/mol. The van der Waals surface area contributed by atoms with Crippen molar-refractivity contribution in [3.05, 3.63) is 60.2 Å². The lowest BCUT2D eigenvalue weighted by atomic mass is 10.2. The molecule has 104 valence electrons. The van der Waals surface area contributed by atoms with Gasteiger partial charge in [0.05, 0.1) is 18.5 Å². The van der Waals surface area contributed by atoms with Crippen molar-refractivity contribution in [3.8, 4) is 5.75 Å². The molecule has 0 heterocycles. The van der Waals surface area contributed by atoms with E-state index >= 15 is 0 Å². The summed E-state index contributed by atoms with van der Waals surface area (Å²) in [7, 11) is 0. The molecule has 0 aromatic heterocycles. The molecule has 0 fully saturated rings. The van der Waals surface area contributed by atoms with Crippen LogP contribution in [0.1, 0.15) is 19.4 Å². The second-order valence-corrected chi connectivity index (χ2v) is 5.01. The molecule has 2 aromatic carbocycles. The number of anilines is 1. The maximum atomic E-state index is 5.64. The standard InChI is InChI=1S/C17H20N2O/c1-14(2)13-20-17-10-8-15(9-11-17)12-18-19-16-6-4-3-5-7-16/h3-12,14,19H,13H2,1-2H3/b18-12+. The zero-order valence-corrected chi connectivity index (χ0v) is 11.9. The Hall–Kier alpha value is -2.29. The van der Waals surface area contributed by atoms with Gasteiger partial charge in [-0.25, -0.2) is 0 Å². The van der Waals surface area contributed by atoms with Crippen molar-refractivity contribution in [1.82, 2.24) is 0 Å². The number of nitrogens with one attached hydrogen (secondary N) is 1. The van der Waals surface area contributed by atoms with Crippen molar-refractivity contribution >= 4 is 11.9 Å². The number of benzene rings is 2. The van der Waals surface area contributed by atoms with Gasteiger partial charge in [-0.2, -0.15) is 5.10 Å². The van der Waals surface area contributed by atoms with Crippen LogP contribution in [0.15, 0.2) is 59.7 Å². The second-order valence-electron chi connectivity index (χ2n) is 5.01. The monoisotopic (exact) mass is 268 g/mol. The average molecular weight is 268 g/mol. The summed E-state index contributed by atoms with van der Waals surface area (Å²) in [6.07, 6.45) is 1.79. The Morgan fingerprint density at radius 3 is 2.40 bits per heavy atom. The summed E-state index contributed by atoms with van der Waals surface area (Å²) >= 11 is 0. The number of hydrogen-bond acceptors (Lipinski definition) is 3. The molecule has 3 nitrogen and oxygen atoms in total. The van der Waals surface area contributed by atoms with Crippen molar-refractivity contribution in [2.45, 2.75) is 13.8 Å². The summed E-state index contributed by atoms with van der Waals surface area (Å²) in [5, 5.41) is 4.20. The van der Waals surface area contributed by atoms with Crippen LogP contribution >= 0.6 is 0 Å². The van der Waals surface area contributed by atoms with Crippen molar-refractivity contribution in [2.24, 2.45) is 11.0 Å². The van der Waals surface area contributed by atoms with Crippen LogP contribution in [0, 0.1) is 5.92 Å². The normalized spacial score (nSPS) is 10.9. The maximum Gasteiger partial charge on any atom is 0.119 e.